The van der Waals surface area contributed by atoms with Crippen molar-refractivity contribution in [3.8, 4) is 5.75 Å². The maximum absolute atomic E-state index is 10.00. The van der Waals surface area contributed by atoms with Gasteiger partial charge in [-0.1, -0.05) is 18.2 Å². The van der Waals surface area contributed by atoms with E-state index in [0.29, 0.717) is 11.3 Å². The second-order valence-corrected chi connectivity index (χ2v) is 2.40. The Labute approximate surface area is 74.7 Å². The minimum absolute atomic E-state index is 0.248. The van der Waals surface area contributed by atoms with E-state index in [1.807, 2.05) is 0 Å². The maximum Gasteiger partial charge on any atom is 0.299 e. The molecule has 12 heavy (non-hydrogen) atoms. The molecule has 64 valence electrons. The summed E-state index contributed by atoms with van der Waals surface area (Å²) in [4.78, 5) is 14.3. The van der Waals surface area contributed by atoms with E-state index < -0.39 is 5.09 Å². The van der Waals surface area contributed by atoms with E-state index in [1.165, 1.54) is 6.07 Å². The molecule has 0 saturated carbocycles. The van der Waals surface area contributed by atoms with Crippen LogP contribution < -0.4 is 4.84 Å². The highest BCUT2D eigenvalue weighted by Gasteiger charge is 2.03. The summed E-state index contributed by atoms with van der Waals surface area (Å²) >= 11 is 4.00. The minimum atomic E-state index is -0.831. The Balaban J connectivity index is 2.89. The van der Waals surface area contributed by atoms with Gasteiger partial charge in [0.25, 0.3) is 5.09 Å². The van der Waals surface area contributed by atoms with Crippen molar-refractivity contribution in [2.24, 2.45) is 0 Å². The number of rotatable bonds is 3. The van der Waals surface area contributed by atoms with Crippen molar-refractivity contribution < 1.29 is 9.92 Å². The van der Waals surface area contributed by atoms with Crippen LogP contribution in [-0.4, -0.2) is 5.09 Å². The fraction of sp³-hybridized carbons (Fsp3) is 0.143. The zero-order chi connectivity index (χ0) is 8.97. The van der Waals surface area contributed by atoms with Crippen LogP contribution in [-0.2, 0) is 5.75 Å². The van der Waals surface area contributed by atoms with Crippen molar-refractivity contribution >= 4 is 12.6 Å². The molecule has 5 heteroatoms. The van der Waals surface area contributed by atoms with Crippen molar-refractivity contribution in [1.29, 1.82) is 0 Å². The van der Waals surface area contributed by atoms with Crippen molar-refractivity contribution in [2.45, 2.75) is 5.75 Å². The zero-order valence-electron chi connectivity index (χ0n) is 6.14. The molecule has 0 bridgehead atoms. The van der Waals surface area contributed by atoms with E-state index >= 15 is 0 Å². The number of hydrogen-bond donors (Lipinski definition) is 1. The fourth-order valence-corrected chi connectivity index (χ4v) is 1.07. The smallest absolute Gasteiger partial charge is 0.276 e. The molecule has 0 N–H and O–H groups in total. The van der Waals surface area contributed by atoms with Crippen LogP contribution in [0.25, 0.3) is 0 Å². The molecule has 0 aliphatic rings. The number of thiol groups is 1. The normalized spacial score (nSPS) is 9.42. The summed E-state index contributed by atoms with van der Waals surface area (Å²) in [6.07, 6.45) is 0. The van der Waals surface area contributed by atoms with Crippen LogP contribution in [0.2, 0.25) is 0 Å². The Hall–Kier alpha value is -1.23. The van der Waals surface area contributed by atoms with Gasteiger partial charge in [0.15, 0.2) is 0 Å². The molecule has 0 aliphatic carbocycles. The molecule has 0 aliphatic heterocycles. The van der Waals surface area contributed by atoms with Gasteiger partial charge in [-0.15, -0.1) is 10.1 Å². The molecule has 0 aromatic heterocycles. The highest BCUT2D eigenvalue weighted by molar-refractivity contribution is 7.79. The van der Waals surface area contributed by atoms with E-state index in [0.717, 1.165) is 0 Å². The van der Waals surface area contributed by atoms with Gasteiger partial charge in [0.05, 0.1) is 0 Å². The van der Waals surface area contributed by atoms with Gasteiger partial charge in [0.1, 0.15) is 5.75 Å². The van der Waals surface area contributed by atoms with Gasteiger partial charge in [-0.2, -0.15) is 12.6 Å². The van der Waals surface area contributed by atoms with Crippen LogP contribution >= 0.6 is 12.6 Å². The molecule has 1 aromatic rings. The van der Waals surface area contributed by atoms with Gasteiger partial charge < -0.3 is 0 Å². The summed E-state index contributed by atoms with van der Waals surface area (Å²) in [5.41, 5.74) is 0.706. The Morgan fingerprint density at radius 3 is 2.75 bits per heavy atom. The van der Waals surface area contributed by atoms with Crippen LogP contribution in [0.15, 0.2) is 24.3 Å². The predicted molar refractivity (Wildman–Crippen MR) is 46.8 cm³/mol. The standard InChI is InChI=1S/C7H7NO3S/c9-8(10)11-7-4-2-1-3-6(7)5-12/h1-4,12H,5H2. The summed E-state index contributed by atoms with van der Waals surface area (Å²) in [5.74, 6) is 0.668. The number of nitrogens with zero attached hydrogens (tertiary/aromatic N) is 1. The third-order valence-electron chi connectivity index (χ3n) is 1.32. The van der Waals surface area contributed by atoms with Gasteiger partial charge in [0.2, 0.25) is 0 Å². The van der Waals surface area contributed by atoms with Crippen LogP contribution in [0.1, 0.15) is 5.56 Å². The van der Waals surface area contributed by atoms with Crippen LogP contribution in [0.4, 0.5) is 0 Å². The quantitative estimate of drug-likeness (QED) is 0.443. The van der Waals surface area contributed by atoms with Crippen molar-refractivity contribution in [1.82, 2.24) is 0 Å². The first-order valence-electron chi connectivity index (χ1n) is 3.25. The SMILES string of the molecule is O=[N+]([O-])Oc1ccccc1CS. The van der Waals surface area contributed by atoms with E-state index in [1.54, 1.807) is 18.2 Å². The van der Waals surface area contributed by atoms with Gasteiger partial charge in [-0.3, -0.25) is 4.84 Å². The number of para-hydroxylation sites is 1. The highest BCUT2D eigenvalue weighted by atomic mass is 32.1. The summed E-state index contributed by atoms with van der Waals surface area (Å²) in [7, 11) is 0. The Morgan fingerprint density at radius 1 is 1.50 bits per heavy atom. The minimum Gasteiger partial charge on any atom is -0.276 e. The molecule has 4 nitrogen and oxygen atoms in total. The molecule has 0 saturated heterocycles. The average Bonchev–Trinajstić information content (AvgIpc) is 2.04. The molecule has 0 heterocycles. The van der Waals surface area contributed by atoms with Gasteiger partial charge in [-0.05, 0) is 11.6 Å². The van der Waals surface area contributed by atoms with Crippen LogP contribution in [0.5, 0.6) is 5.75 Å². The average molecular weight is 185 g/mol. The third-order valence-corrected chi connectivity index (χ3v) is 1.66. The summed E-state index contributed by atoms with van der Waals surface area (Å²) in [6.45, 7) is 0. The zero-order valence-corrected chi connectivity index (χ0v) is 7.03. The van der Waals surface area contributed by atoms with Crippen molar-refractivity contribution in [2.75, 3.05) is 0 Å². The number of hydrogen-bond acceptors (Lipinski definition) is 4. The Morgan fingerprint density at radius 2 is 2.17 bits per heavy atom. The van der Waals surface area contributed by atoms with Crippen LogP contribution in [0, 0.1) is 10.1 Å². The first-order chi connectivity index (χ1) is 5.74. The Kier molecular flexibility index (Phi) is 2.93. The summed E-state index contributed by atoms with van der Waals surface area (Å²) in [6, 6.07) is 6.71. The van der Waals surface area contributed by atoms with Crippen molar-refractivity contribution in [3.05, 3.63) is 39.9 Å². The maximum atomic E-state index is 10.00. The van der Waals surface area contributed by atoms with Gasteiger partial charge >= 0.3 is 0 Å². The first-order valence-corrected chi connectivity index (χ1v) is 3.88. The van der Waals surface area contributed by atoms with E-state index in [4.69, 9.17) is 0 Å². The van der Waals surface area contributed by atoms with E-state index in [9.17, 15) is 10.1 Å². The monoisotopic (exact) mass is 185 g/mol. The van der Waals surface area contributed by atoms with E-state index in [2.05, 4.69) is 17.5 Å². The fourth-order valence-electron chi connectivity index (χ4n) is 0.804. The second-order valence-electron chi connectivity index (χ2n) is 2.08. The molecule has 0 unspecified atom stereocenters. The topological polar surface area (TPSA) is 52.4 Å². The van der Waals surface area contributed by atoms with Gasteiger partial charge in [0, 0.05) is 5.75 Å². The molecule has 0 atom stereocenters. The molecule has 0 radical (unpaired) electrons. The lowest BCUT2D eigenvalue weighted by molar-refractivity contribution is -0.711. The Bertz CT molecular complexity index is 290. The predicted octanol–water partition coefficient (Wildman–Crippen LogP) is 1.69. The summed E-state index contributed by atoms with van der Waals surface area (Å²) < 4.78 is 0. The molecular weight excluding hydrogens is 178 g/mol. The molecule has 1 aromatic carbocycles. The highest BCUT2D eigenvalue weighted by Crippen LogP contribution is 2.19. The lowest BCUT2D eigenvalue weighted by Crippen LogP contribution is -2.04. The van der Waals surface area contributed by atoms with Crippen molar-refractivity contribution in [3.63, 3.8) is 0 Å². The number of benzene rings is 1. The second kappa shape index (κ2) is 3.96. The van der Waals surface area contributed by atoms with Crippen LogP contribution in [0.3, 0.4) is 0 Å². The molecule has 0 fully saturated rings. The lowest BCUT2D eigenvalue weighted by atomic mass is 10.2. The molecule has 0 amide bonds. The molecule has 1 rings (SSSR count). The lowest BCUT2D eigenvalue weighted by Gasteiger charge is -2.02. The third kappa shape index (κ3) is 2.13. The van der Waals surface area contributed by atoms with E-state index in [-0.39, 0.29) is 5.75 Å². The molecular formula is C7H7NO3S. The largest absolute Gasteiger partial charge is 0.299 e. The summed E-state index contributed by atoms with van der Waals surface area (Å²) in [5, 5.41) is 9.16. The first kappa shape index (κ1) is 8.86. The molecule has 0 spiro atoms. The van der Waals surface area contributed by atoms with Gasteiger partial charge in [-0.25, -0.2) is 0 Å².